The Morgan fingerprint density at radius 2 is 2.07 bits per heavy atom. The van der Waals surface area contributed by atoms with Crippen molar-refractivity contribution in [2.45, 2.75) is 51.6 Å². The minimum atomic E-state index is -0.457. The van der Waals surface area contributed by atoms with Crippen LogP contribution in [0.15, 0.2) is 29.4 Å². The number of hydrogen-bond donors (Lipinski definition) is 0. The smallest absolute Gasteiger partial charge is 0.151 e. The van der Waals surface area contributed by atoms with Crippen molar-refractivity contribution in [1.29, 1.82) is 0 Å². The normalized spacial score (nSPS) is 21.7. The van der Waals surface area contributed by atoms with Crippen molar-refractivity contribution in [3.8, 4) is 0 Å². The number of rotatable bonds is 4. The van der Waals surface area contributed by atoms with E-state index in [2.05, 4.69) is 28.8 Å². The summed E-state index contributed by atoms with van der Waals surface area (Å²) in [5.41, 5.74) is 2.38. The molecule has 2 aromatic rings. The van der Waals surface area contributed by atoms with Crippen LogP contribution < -0.4 is 4.90 Å². The summed E-state index contributed by atoms with van der Waals surface area (Å²) in [5, 5.41) is 0.0934. The second-order valence-corrected chi connectivity index (χ2v) is 7.83. The largest absolute Gasteiger partial charge is 0.355 e. The van der Waals surface area contributed by atoms with Gasteiger partial charge in [-0.15, -0.1) is 0 Å². The van der Waals surface area contributed by atoms with Crippen LogP contribution in [0.3, 0.4) is 0 Å². The van der Waals surface area contributed by atoms with E-state index < -0.39 is 5.82 Å². The number of benzene rings is 1. The monoisotopic (exact) mass is 386 g/mol. The molecule has 4 nitrogen and oxygen atoms in total. The molecule has 142 valence electrons. The zero-order valence-corrected chi connectivity index (χ0v) is 16.5. The highest BCUT2D eigenvalue weighted by Crippen LogP contribution is 2.33. The van der Waals surface area contributed by atoms with Crippen molar-refractivity contribution in [2.24, 2.45) is 10.9 Å². The fourth-order valence-electron chi connectivity index (χ4n) is 4.37. The van der Waals surface area contributed by atoms with E-state index in [4.69, 9.17) is 16.6 Å². The summed E-state index contributed by atoms with van der Waals surface area (Å²) < 4.78 is 14.4. The number of aromatic nitrogens is 2. The molecular formula is C21H24ClFN4. The number of hydrogen-bond acceptors (Lipinski definition) is 4. The maximum atomic E-state index is 14.4. The molecule has 1 aromatic carbocycles. The van der Waals surface area contributed by atoms with Gasteiger partial charge in [0.1, 0.15) is 11.5 Å². The number of anilines is 1. The first kappa shape index (κ1) is 18.4. The van der Waals surface area contributed by atoms with Crippen molar-refractivity contribution < 1.29 is 4.39 Å². The average Bonchev–Trinajstić information content (AvgIpc) is 3.12. The van der Waals surface area contributed by atoms with Gasteiger partial charge in [0, 0.05) is 18.7 Å². The first-order valence-corrected chi connectivity index (χ1v) is 10.1. The summed E-state index contributed by atoms with van der Waals surface area (Å²) in [5.74, 6) is 1.12. The van der Waals surface area contributed by atoms with E-state index >= 15 is 0 Å². The fraction of sp³-hybridized carbons (Fsp3) is 0.476. The first-order chi connectivity index (χ1) is 13.1. The Hall–Kier alpha value is -2.01. The number of nitrogens with zero attached hydrogens (tertiary/aromatic N) is 4. The van der Waals surface area contributed by atoms with Gasteiger partial charge >= 0.3 is 0 Å². The zero-order chi connectivity index (χ0) is 19.0. The van der Waals surface area contributed by atoms with Gasteiger partial charge in [-0.05, 0) is 30.9 Å². The van der Waals surface area contributed by atoms with Crippen molar-refractivity contribution in [3.05, 3.63) is 52.2 Å². The molecule has 1 fully saturated rings. The molecule has 0 spiro atoms. The lowest BCUT2D eigenvalue weighted by atomic mass is 9.82. The number of aliphatic imine (C=N–C) groups is 1. The molecule has 1 saturated carbocycles. The molecule has 6 heteroatoms. The predicted octanol–water partition coefficient (Wildman–Crippen LogP) is 5.03. The third kappa shape index (κ3) is 3.33. The van der Waals surface area contributed by atoms with Crippen molar-refractivity contribution in [2.75, 3.05) is 11.9 Å². The molecule has 1 aliphatic carbocycles. The second-order valence-electron chi connectivity index (χ2n) is 7.42. The van der Waals surface area contributed by atoms with Gasteiger partial charge in [0.2, 0.25) is 0 Å². The molecule has 2 heterocycles. The van der Waals surface area contributed by atoms with E-state index in [9.17, 15) is 4.39 Å². The molecular weight excluding hydrogens is 363 g/mol. The molecule has 0 amide bonds. The van der Waals surface area contributed by atoms with Crippen LogP contribution in [0.4, 0.5) is 10.2 Å². The van der Waals surface area contributed by atoms with Gasteiger partial charge in [-0.2, -0.15) is 0 Å². The zero-order valence-electron chi connectivity index (χ0n) is 15.8. The average molecular weight is 387 g/mol. The Morgan fingerprint density at radius 3 is 2.89 bits per heavy atom. The van der Waals surface area contributed by atoms with Crippen molar-refractivity contribution in [1.82, 2.24) is 9.97 Å². The Bertz CT molecular complexity index is 882. The van der Waals surface area contributed by atoms with Gasteiger partial charge in [-0.3, -0.25) is 4.99 Å². The van der Waals surface area contributed by atoms with Gasteiger partial charge in [-0.1, -0.05) is 43.9 Å². The topological polar surface area (TPSA) is 41.4 Å². The second kappa shape index (κ2) is 7.55. The molecule has 2 aliphatic rings. The van der Waals surface area contributed by atoms with Crippen molar-refractivity contribution in [3.63, 3.8) is 0 Å². The van der Waals surface area contributed by atoms with E-state index in [-0.39, 0.29) is 5.02 Å². The lowest BCUT2D eigenvalue weighted by Crippen LogP contribution is -2.40. The molecule has 27 heavy (non-hydrogen) atoms. The Balaban J connectivity index is 1.62. The summed E-state index contributed by atoms with van der Waals surface area (Å²) in [6.45, 7) is 2.69. The molecule has 0 N–H and O–H groups in total. The first-order valence-electron chi connectivity index (χ1n) is 9.68. The fourth-order valence-corrected chi connectivity index (χ4v) is 4.54. The van der Waals surface area contributed by atoms with E-state index in [1.807, 2.05) is 0 Å². The van der Waals surface area contributed by atoms with Crippen LogP contribution in [0, 0.1) is 11.7 Å². The van der Waals surface area contributed by atoms with Crippen LogP contribution in [-0.2, 0) is 6.54 Å². The Kier molecular flexibility index (Phi) is 5.13. The van der Waals surface area contributed by atoms with Crippen molar-refractivity contribution >= 4 is 23.1 Å². The Morgan fingerprint density at radius 1 is 1.26 bits per heavy atom. The van der Waals surface area contributed by atoms with Gasteiger partial charge in [0.25, 0.3) is 0 Å². The molecule has 0 radical (unpaired) electrons. The highest BCUT2D eigenvalue weighted by atomic mass is 35.5. The molecule has 4 rings (SSSR count). The Labute approximate surface area is 164 Å². The lowest BCUT2D eigenvalue weighted by molar-refractivity contribution is 0.291. The number of fused-ring (bicyclic) bond motifs is 1. The highest BCUT2D eigenvalue weighted by molar-refractivity contribution is 6.31. The van der Waals surface area contributed by atoms with Crippen LogP contribution in [0.1, 0.15) is 56.0 Å². The summed E-state index contributed by atoms with van der Waals surface area (Å²) in [7, 11) is 2.11. The third-order valence-corrected chi connectivity index (χ3v) is 6.19. The van der Waals surface area contributed by atoms with E-state index in [1.165, 1.54) is 38.2 Å². The van der Waals surface area contributed by atoms with Gasteiger partial charge in [0.05, 0.1) is 29.2 Å². The van der Waals surface area contributed by atoms with Crippen LogP contribution in [0.5, 0.6) is 0 Å². The summed E-state index contributed by atoms with van der Waals surface area (Å²) >= 11 is 5.93. The molecule has 1 aromatic heterocycles. The summed E-state index contributed by atoms with van der Waals surface area (Å²) in [6, 6.07) is 5.45. The van der Waals surface area contributed by atoms with Crippen LogP contribution in [0.2, 0.25) is 5.02 Å². The minimum Gasteiger partial charge on any atom is -0.355 e. The third-order valence-electron chi connectivity index (χ3n) is 5.90. The standard InChI is InChI=1S/C21H24ClFN4/c1-3-13-7-4-5-10-17(13)27(2)18-12-25-21-16(26-18)11-24-20(21)14-8-6-9-15(22)19(14)23/h6,8-9,12-13,17H,3-5,7,10-11H2,1-2H3/t13-,17+/m0/s1. The quantitative estimate of drug-likeness (QED) is 0.740. The van der Waals surface area contributed by atoms with Gasteiger partial charge in [-0.25, -0.2) is 14.4 Å². The highest BCUT2D eigenvalue weighted by Gasteiger charge is 2.29. The summed E-state index contributed by atoms with van der Waals surface area (Å²) in [4.78, 5) is 16.2. The molecule has 2 atom stereocenters. The van der Waals surface area contributed by atoms with E-state index in [0.717, 1.165) is 11.5 Å². The van der Waals surface area contributed by atoms with Gasteiger partial charge in [0.15, 0.2) is 5.82 Å². The molecule has 0 unspecified atom stereocenters. The molecule has 0 saturated heterocycles. The maximum absolute atomic E-state index is 14.4. The van der Waals surface area contributed by atoms with E-state index in [0.29, 0.717) is 35.5 Å². The van der Waals surface area contributed by atoms with Crippen LogP contribution in [-0.4, -0.2) is 28.8 Å². The number of halogens is 2. The van der Waals surface area contributed by atoms with Gasteiger partial charge < -0.3 is 4.90 Å². The van der Waals surface area contributed by atoms with Crippen LogP contribution >= 0.6 is 11.6 Å². The lowest BCUT2D eigenvalue weighted by Gasteiger charge is -2.38. The maximum Gasteiger partial charge on any atom is 0.151 e. The molecule has 0 bridgehead atoms. The molecule has 1 aliphatic heterocycles. The van der Waals surface area contributed by atoms with Crippen LogP contribution in [0.25, 0.3) is 0 Å². The van der Waals surface area contributed by atoms with E-state index in [1.54, 1.807) is 18.3 Å². The summed E-state index contributed by atoms with van der Waals surface area (Å²) in [6.07, 6.45) is 8.05. The SMILES string of the molecule is CC[C@H]1CCCC[C@H]1N(C)c1cnc2c(n1)CN=C2c1cccc(Cl)c1F. The predicted molar refractivity (Wildman–Crippen MR) is 107 cm³/mol. The minimum absolute atomic E-state index is 0.0934.